The Bertz CT molecular complexity index is 273. The van der Waals surface area contributed by atoms with E-state index in [0.717, 1.165) is 6.54 Å². The van der Waals surface area contributed by atoms with Gasteiger partial charge in [0.15, 0.2) is 0 Å². The van der Waals surface area contributed by atoms with E-state index in [-0.39, 0.29) is 0 Å². The summed E-state index contributed by atoms with van der Waals surface area (Å²) in [5.41, 5.74) is 2.55. The molecule has 70 valence electrons. The molecule has 1 rings (SSSR count). The molecular formula is C11H16N2. The van der Waals surface area contributed by atoms with E-state index in [1.54, 1.807) is 0 Å². The first-order valence-electron chi connectivity index (χ1n) is 4.40. The molecule has 0 aliphatic carbocycles. The number of aliphatic imine (C=N–C) groups is 1. The summed E-state index contributed by atoms with van der Waals surface area (Å²) in [7, 11) is 3.94. The van der Waals surface area contributed by atoms with Crippen molar-refractivity contribution in [3.8, 4) is 0 Å². The van der Waals surface area contributed by atoms with Gasteiger partial charge in [0.05, 0.1) is 12.9 Å². The molecular weight excluding hydrogens is 160 g/mol. The highest BCUT2D eigenvalue weighted by Crippen LogP contribution is 2.03. The Hall–Kier alpha value is -1.31. The summed E-state index contributed by atoms with van der Waals surface area (Å²) in [5.74, 6) is 0. The van der Waals surface area contributed by atoms with Crippen molar-refractivity contribution in [2.45, 2.75) is 13.5 Å². The highest BCUT2D eigenvalue weighted by molar-refractivity contribution is 5.53. The summed E-state index contributed by atoms with van der Waals surface area (Å²) in [4.78, 5) is 6.21. The molecule has 0 aliphatic heterocycles. The van der Waals surface area contributed by atoms with Crippen LogP contribution in [0, 0.1) is 6.92 Å². The van der Waals surface area contributed by atoms with E-state index < -0.39 is 0 Å². The Morgan fingerprint density at radius 3 is 2.38 bits per heavy atom. The van der Waals surface area contributed by atoms with Gasteiger partial charge in [-0.05, 0) is 12.5 Å². The predicted octanol–water partition coefficient (Wildman–Crippen LogP) is 2.08. The van der Waals surface area contributed by atoms with Crippen molar-refractivity contribution in [2.75, 3.05) is 14.1 Å². The summed E-state index contributed by atoms with van der Waals surface area (Å²) >= 11 is 0. The fourth-order valence-electron chi connectivity index (χ4n) is 1.00. The summed E-state index contributed by atoms with van der Waals surface area (Å²) in [6, 6.07) is 8.45. The molecule has 0 saturated carbocycles. The summed E-state index contributed by atoms with van der Waals surface area (Å²) in [6.45, 7) is 2.85. The van der Waals surface area contributed by atoms with Crippen LogP contribution in [0.25, 0.3) is 0 Å². The third-order valence-corrected chi connectivity index (χ3v) is 1.71. The van der Waals surface area contributed by atoms with Gasteiger partial charge in [0.25, 0.3) is 0 Å². The Labute approximate surface area is 79.9 Å². The molecule has 0 atom stereocenters. The van der Waals surface area contributed by atoms with Crippen molar-refractivity contribution in [1.29, 1.82) is 0 Å². The number of benzene rings is 1. The van der Waals surface area contributed by atoms with Gasteiger partial charge in [-0.25, -0.2) is 0 Å². The topological polar surface area (TPSA) is 15.6 Å². The average molecular weight is 176 g/mol. The molecule has 1 aromatic carbocycles. The fraction of sp³-hybridized carbons (Fsp3) is 0.364. The van der Waals surface area contributed by atoms with Crippen molar-refractivity contribution in [3.63, 3.8) is 0 Å². The van der Waals surface area contributed by atoms with E-state index in [1.807, 2.05) is 25.3 Å². The molecule has 0 bridgehead atoms. The molecule has 0 amide bonds. The second-order valence-corrected chi connectivity index (χ2v) is 3.41. The number of aryl methyl sites for hydroxylation is 1. The minimum absolute atomic E-state index is 0.762. The van der Waals surface area contributed by atoms with E-state index in [2.05, 4.69) is 36.2 Å². The Balaban J connectivity index is 2.50. The SMILES string of the molecule is Cc1ccc(C/N=C/N(C)C)cc1. The summed E-state index contributed by atoms with van der Waals surface area (Å²) < 4.78 is 0. The number of nitrogens with zero attached hydrogens (tertiary/aromatic N) is 2. The zero-order valence-corrected chi connectivity index (χ0v) is 8.49. The average Bonchev–Trinajstić information content (AvgIpc) is 2.08. The molecule has 0 unspecified atom stereocenters. The van der Waals surface area contributed by atoms with Crippen LogP contribution in [-0.2, 0) is 6.54 Å². The molecule has 0 aliphatic rings. The lowest BCUT2D eigenvalue weighted by Gasteiger charge is -2.02. The van der Waals surface area contributed by atoms with E-state index >= 15 is 0 Å². The third-order valence-electron chi connectivity index (χ3n) is 1.71. The fourth-order valence-corrected chi connectivity index (χ4v) is 1.00. The van der Waals surface area contributed by atoms with Crippen LogP contribution in [0.1, 0.15) is 11.1 Å². The van der Waals surface area contributed by atoms with Gasteiger partial charge in [0.2, 0.25) is 0 Å². The van der Waals surface area contributed by atoms with Crippen LogP contribution in [0.3, 0.4) is 0 Å². The predicted molar refractivity (Wildman–Crippen MR) is 57.1 cm³/mol. The van der Waals surface area contributed by atoms with Crippen molar-refractivity contribution in [2.24, 2.45) is 4.99 Å². The monoisotopic (exact) mass is 176 g/mol. The minimum atomic E-state index is 0.762. The normalized spacial score (nSPS) is 10.7. The zero-order chi connectivity index (χ0) is 9.68. The highest BCUT2D eigenvalue weighted by Gasteiger charge is 1.88. The Morgan fingerprint density at radius 1 is 1.23 bits per heavy atom. The van der Waals surface area contributed by atoms with E-state index in [1.165, 1.54) is 11.1 Å². The quantitative estimate of drug-likeness (QED) is 0.508. The molecule has 0 heterocycles. The first-order valence-corrected chi connectivity index (χ1v) is 4.40. The number of rotatable bonds is 3. The largest absolute Gasteiger partial charge is 0.369 e. The molecule has 2 heteroatoms. The van der Waals surface area contributed by atoms with Gasteiger partial charge >= 0.3 is 0 Å². The van der Waals surface area contributed by atoms with Gasteiger partial charge in [0, 0.05) is 14.1 Å². The van der Waals surface area contributed by atoms with Gasteiger partial charge in [-0.1, -0.05) is 29.8 Å². The van der Waals surface area contributed by atoms with Gasteiger partial charge in [0.1, 0.15) is 0 Å². The first kappa shape index (κ1) is 9.78. The van der Waals surface area contributed by atoms with Gasteiger partial charge in [-0.2, -0.15) is 0 Å². The molecule has 0 radical (unpaired) electrons. The van der Waals surface area contributed by atoms with Crippen molar-refractivity contribution >= 4 is 6.34 Å². The molecule has 1 aromatic rings. The summed E-state index contributed by atoms with van der Waals surface area (Å²) in [5, 5.41) is 0. The maximum absolute atomic E-state index is 4.27. The molecule has 0 spiro atoms. The van der Waals surface area contributed by atoms with E-state index in [4.69, 9.17) is 0 Å². The molecule has 0 N–H and O–H groups in total. The third kappa shape index (κ3) is 3.74. The lowest BCUT2D eigenvalue weighted by Crippen LogP contribution is -2.07. The van der Waals surface area contributed by atoms with Gasteiger partial charge in [-0.3, -0.25) is 4.99 Å². The highest BCUT2D eigenvalue weighted by atomic mass is 15.1. The number of hydrogen-bond donors (Lipinski definition) is 0. The van der Waals surface area contributed by atoms with Crippen LogP contribution in [0.5, 0.6) is 0 Å². The maximum atomic E-state index is 4.27. The minimum Gasteiger partial charge on any atom is -0.369 e. The second-order valence-electron chi connectivity index (χ2n) is 3.41. The van der Waals surface area contributed by atoms with Crippen molar-refractivity contribution in [1.82, 2.24) is 4.90 Å². The second kappa shape index (κ2) is 4.65. The van der Waals surface area contributed by atoms with Gasteiger partial charge in [-0.15, -0.1) is 0 Å². The van der Waals surface area contributed by atoms with Crippen LogP contribution in [0.2, 0.25) is 0 Å². The van der Waals surface area contributed by atoms with E-state index in [0.29, 0.717) is 0 Å². The summed E-state index contributed by atoms with van der Waals surface area (Å²) in [6.07, 6.45) is 1.83. The van der Waals surface area contributed by atoms with Crippen LogP contribution in [-0.4, -0.2) is 25.3 Å². The smallest absolute Gasteiger partial charge is 0.0848 e. The van der Waals surface area contributed by atoms with Crippen molar-refractivity contribution < 1.29 is 0 Å². The van der Waals surface area contributed by atoms with E-state index in [9.17, 15) is 0 Å². The first-order chi connectivity index (χ1) is 6.18. The van der Waals surface area contributed by atoms with Gasteiger partial charge < -0.3 is 4.90 Å². The Kier molecular flexibility index (Phi) is 3.50. The molecule has 13 heavy (non-hydrogen) atoms. The van der Waals surface area contributed by atoms with Crippen LogP contribution in [0.15, 0.2) is 29.3 Å². The van der Waals surface area contributed by atoms with Crippen LogP contribution < -0.4 is 0 Å². The van der Waals surface area contributed by atoms with Crippen molar-refractivity contribution in [3.05, 3.63) is 35.4 Å². The molecule has 0 fully saturated rings. The molecule has 2 nitrogen and oxygen atoms in total. The van der Waals surface area contributed by atoms with Crippen LogP contribution in [0.4, 0.5) is 0 Å². The zero-order valence-electron chi connectivity index (χ0n) is 8.49. The standard InChI is InChI=1S/C11H16N2/c1-10-4-6-11(7-5-10)8-12-9-13(2)3/h4-7,9H,8H2,1-3H3/b12-9+. The Morgan fingerprint density at radius 2 is 1.85 bits per heavy atom. The lowest BCUT2D eigenvalue weighted by atomic mass is 10.1. The molecule has 0 saturated heterocycles. The maximum Gasteiger partial charge on any atom is 0.0848 e. The van der Waals surface area contributed by atoms with Crippen LogP contribution >= 0.6 is 0 Å². The lowest BCUT2D eigenvalue weighted by molar-refractivity contribution is 0.638. The molecule has 0 aromatic heterocycles. The number of hydrogen-bond acceptors (Lipinski definition) is 1.